The van der Waals surface area contributed by atoms with Crippen LogP contribution in [-0.2, 0) is 0 Å². The maximum Gasteiger partial charge on any atom is 0.238 e. The van der Waals surface area contributed by atoms with Gasteiger partial charge in [0.1, 0.15) is 0 Å². The summed E-state index contributed by atoms with van der Waals surface area (Å²) in [4.78, 5) is 16.2. The summed E-state index contributed by atoms with van der Waals surface area (Å²) in [5, 5.41) is 6.84. The third kappa shape index (κ3) is 6.16. The van der Waals surface area contributed by atoms with Crippen molar-refractivity contribution in [1.29, 1.82) is 0 Å². The van der Waals surface area contributed by atoms with E-state index in [9.17, 15) is 0 Å². The first-order valence-electron chi connectivity index (χ1n) is 23.4. The number of rotatable bonds is 7. The average Bonchev–Trinajstić information content (AvgIpc) is 4.06. The molecule has 0 spiro atoms. The molecule has 0 atom stereocenters. The molecule has 6 nitrogen and oxygen atoms in total. The van der Waals surface area contributed by atoms with Gasteiger partial charge in [-0.3, -0.25) is 4.57 Å². The van der Waals surface area contributed by atoms with Gasteiger partial charge in [-0.25, -0.2) is 4.98 Å². The van der Waals surface area contributed by atoms with Gasteiger partial charge < -0.3 is 9.13 Å². The van der Waals surface area contributed by atoms with Gasteiger partial charge in [0.25, 0.3) is 0 Å². The molecule has 0 fully saturated rings. The van der Waals surface area contributed by atoms with Crippen LogP contribution in [-0.4, -0.2) is 28.7 Å². The summed E-state index contributed by atoms with van der Waals surface area (Å²) < 4.78 is 7.04. The maximum atomic E-state index is 5.52. The van der Waals surface area contributed by atoms with Crippen LogP contribution in [0.5, 0.6) is 0 Å². The third-order valence-electron chi connectivity index (χ3n) is 13.7. The number of aromatic nitrogens is 6. The number of hydrogen-bond donors (Lipinski definition) is 0. The lowest BCUT2D eigenvalue weighted by molar-refractivity contribution is 0.954. The molecule has 69 heavy (non-hydrogen) atoms. The van der Waals surface area contributed by atoms with Crippen LogP contribution in [0.4, 0.5) is 0 Å². The molecule has 0 saturated carbocycles. The fourth-order valence-electron chi connectivity index (χ4n) is 10.6. The number of nitrogens with zero attached hydrogens (tertiary/aromatic N) is 6. The standard InChI is InChI=1S/C63H40N6/c1-5-20-41(21-6-1)44-36-37-57(51(38-44)42-22-7-2-8-23-42)68-55-34-17-14-29-47(55)52-40-59-53(39-58(52)68)48-30-15-18-35-56(48)69(59)63-65-61(43-24-9-3-10-25-43)64-62(66-63)50-32-19-31-49-46-28-13-16-33-54(46)67(60(49)50)45-26-11-4-12-27-45/h1-40H. The fraction of sp³-hybridized carbons (Fsp3) is 0. The predicted molar refractivity (Wildman–Crippen MR) is 285 cm³/mol. The zero-order chi connectivity index (χ0) is 45.4. The van der Waals surface area contributed by atoms with Gasteiger partial charge >= 0.3 is 0 Å². The molecule has 4 heterocycles. The smallest absolute Gasteiger partial charge is 0.238 e. The number of fused-ring (bicyclic) bond motifs is 9. The Morgan fingerprint density at radius 2 is 0.754 bits per heavy atom. The van der Waals surface area contributed by atoms with Crippen LogP contribution in [0.1, 0.15) is 0 Å². The molecule has 0 unspecified atom stereocenters. The van der Waals surface area contributed by atoms with E-state index in [1.807, 2.05) is 18.2 Å². The van der Waals surface area contributed by atoms with E-state index < -0.39 is 0 Å². The number of hydrogen-bond acceptors (Lipinski definition) is 3. The molecular formula is C63H40N6. The second-order valence-electron chi connectivity index (χ2n) is 17.6. The molecular weight excluding hydrogens is 841 g/mol. The third-order valence-corrected chi connectivity index (χ3v) is 13.7. The van der Waals surface area contributed by atoms with Gasteiger partial charge in [0.15, 0.2) is 11.6 Å². The first kappa shape index (κ1) is 38.8. The van der Waals surface area contributed by atoms with Gasteiger partial charge in [0, 0.05) is 54.7 Å². The predicted octanol–water partition coefficient (Wildman–Crippen LogP) is 15.8. The molecule has 0 aliphatic heterocycles. The van der Waals surface area contributed by atoms with Crippen LogP contribution < -0.4 is 0 Å². The minimum Gasteiger partial charge on any atom is -0.309 e. The van der Waals surface area contributed by atoms with Crippen molar-refractivity contribution in [3.05, 3.63) is 243 Å². The van der Waals surface area contributed by atoms with Gasteiger partial charge in [-0.2, -0.15) is 9.97 Å². The van der Waals surface area contributed by atoms with E-state index in [0.717, 1.165) is 88.3 Å². The van der Waals surface area contributed by atoms with Crippen molar-refractivity contribution in [2.75, 3.05) is 0 Å². The maximum absolute atomic E-state index is 5.52. The van der Waals surface area contributed by atoms with Crippen LogP contribution in [0.3, 0.4) is 0 Å². The molecule has 0 radical (unpaired) electrons. The SMILES string of the molecule is c1ccc(-c2ccc(-n3c4ccccc4c4cc5c(cc43)c3ccccc3n5-c3nc(-c4ccccc4)nc(-c4cccc5c6ccccc6n(-c6ccccc6)c45)n3)c(-c3ccccc3)c2)cc1. The Bertz CT molecular complexity index is 4280. The Kier molecular flexibility index (Phi) is 8.79. The van der Waals surface area contributed by atoms with Crippen molar-refractivity contribution in [1.82, 2.24) is 28.7 Å². The minimum absolute atomic E-state index is 0.551. The zero-order valence-corrected chi connectivity index (χ0v) is 37.3. The highest BCUT2D eigenvalue weighted by molar-refractivity contribution is 6.19. The molecule has 0 amide bonds. The molecule has 4 aromatic heterocycles. The van der Waals surface area contributed by atoms with Crippen LogP contribution >= 0.6 is 0 Å². The fourth-order valence-corrected chi connectivity index (χ4v) is 10.6. The molecule has 14 rings (SSSR count). The molecule has 322 valence electrons. The first-order chi connectivity index (χ1) is 34.2. The van der Waals surface area contributed by atoms with Crippen LogP contribution in [0.2, 0.25) is 0 Å². The Hall–Kier alpha value is -9.39. The lowest BCUT2D eigenvalue weighted by atomic mass is 9.97. The monoisotopic (exact) mass is 880 g/mol. The van der Waals surface area contributed by atoms with Crippen molar-refractivity contribution >= 4 is 65.4 Å². The summed E-state index contributed by atoms with van der Waals surface area (Å²) in [7, 11) is 0. The summed E-state index contributed by atoms with van der Waals surface area (Å²) in [5.41, 5.74) is 15.2. The summed E-state index contributed by atoms with van der Waals surface area (Å²) in [6.45, 7) is 0. The van der Waals surface area contributed by atoms with E-state index in [1.165, 1.54) is 21.9 Å². The average molecular weight is 881 g/mol. The quantitative estimate of drug-likeness (QED) is 0.160. The summed E-state index contributed by atoms with van der Waals surface area (Å²) in [5.74, 6) is 1.75. The lowest BCUT2D eigenvalue weighted by Crippen LogP contribution is -2.07. The zero-order valence-electron chi connectivity index (χ0n) is 37.3. The Morgan fingerprint density at radius 3 is 1.41 bits per heavy atom. The summed E-state index contributed by atoms with van der Waals surface area (Å²) in [6, 6.07) is 86.3. The van der Waals surface area contributed by atoms with Crippen molar-refractivity contribution in [2.24, 2.45) is 0 Å². The van der Waals surface area contributed by atoms with Crippen LogP contribution in [0.15, 0.2) is 243 Å². The van der Waals surface area contributed by atoms with E-state index >= 15 is 0 Å². The van der Waals surface area contributed by atoms with E-state index in [0.29, 0.717) is 17.6 Å². The molecule has 0 aliphatic rings. The second kappa shape index (κ2) is 15.6. The van der Waals surface area contributed by atoms with Gasteiger partial charge in [-0.1, -0.05) is 182 Å². The van der Waals surface area contributed by atoms with Gasteiger partial charge in [0.05, 0.1) is 38.8 Å². The van der Waals surface area contributed by atoms with Crippen molar-refractivity contribution in [3.8, 4) is 62.4 Å². The minimum atomic E-state index is 0.551. The van der Waals surface area contributed by atoms with Crippen molar-refractivity contribution < 1.29 is 0 Å². The largest absolute Gasteiger partial charge is 0.309 e. The Labute approximate surface area is 397 Å². The number of para-hydroxylation sites is 5. The molecule has 0 aliphatic carbocycles. The van der Waals surface area contributed by atoms with Crippen LogP contribution in [0, 0.1) is 0 Å². The molecule has 10 aromatic carbocycles. The van der Waals surface area contributed by atoms with E-state index in [2.05, 4.69) is 238 Å². The number of benzene rings is 10. The molecule has 6 heteroatoms. The molecule has 0 bridgehead atoms. The highest BCUT2D eigenvalue weighted by Gasteiger charge is 2.24. The van der Waals surface area contributed by atoms with Crippen molar-refractivity contribution in [3.63, 3.8) is 0 Å². The highest BCUT2D eigenvalue weighted by atomic mass is 15.2. The van der Waals surface area contributed by atoms with Crippen molar-refractivity contribution in [2.45, 2.75) is 0 Å². The van der Waals surface area contributed by atoms with Crippen LogP contribution in [0.25, 0.3) is 128 Å². The van der Waals surface area contributed by atoms with E-state index in [4.69, 9.17) is 15.0 Å². The van der Waals surface area contributed by atoms with Gasteiger partial charge in [-0.05, 0) is 77.4 Å². The molecule has 14 aromatic rings. The Balaban J connectivity index is 1.05. The Morgan fingerprint density at radius 1 is 0.261 bits per heavy atom. The molecule has 0 saturated heterocycles. The van der Waals surface area contributed by atoms with Gasteiger partial charge in [0.2, 0.25) is 5.95 Å². The van der Waals surface area contributed by atoms with E-state index in [1.54, 1.807) is 0 Å². The van der Waals surface area contributed by atoms with Gasteiger partial charge in [-0.15, -0.1) is 0 Å². The molecule has 0 N–H and O–H groups in total. The second-order valence-corrected chi connectivity index (χ2v) is 17.6. The topological polar surface area (TPSA) is 53.5 Å². The summed E-state index contributed by atoms with van der Waals surface area (Å²) in [6.07, 6.45) is 0. The summed E-state index contributed by atoms with van der Waals surface area (Å²) >= 11 is 0. The normalized spacial score (nSPS) is 11.8. The van der Waals surface area contributed by atoms with E-state index in [-0.39, 0.29) is 0 Å². The lowest BCUT2D eigenvalue weighted by Gasteiger charge is -2.16. The first-order valence-corrected chi connectivity index (χ1v) is 23.4. The highest BCUT2D eigenvalue weighted by Crippen LogP contribution is 2.43.